The molecule has 0 atom stereocenters. The maximum Gasteiger partial charge on any atom is 0.229 e. The van der Waals surface area contributed by atoms with E-state index < -0.39 is 0 Å². The van der Waals surface area contributed by atoms with E-state index in [9.17, 15) is 5.26 Å². The van der Waals surface area contributed by atoms with E-state index in [0.29, 0.717) is 17.8 Å². The van der Waals surface area contributed by atoms with Crippen LogP contribution in [0.1, 0.15) is 31.2 Å². The Bertz CT molecular complexity index is 924. The quantitative estimate of drug-likeness (QED) is 0.854. The zero-order valence-electron chi connectivity index (χ0n) is 16.5. The minimum atomic E-state index is -0.01000. The number of aryl methyl sites for hydroxylation is 2. The molecular weight excluding hydrogens is 352 g/mol. The van der Waals surface area contributed by atoms with Crippen molar-refractivity contribution in [3.8, 4) is 6.07 Å². The van der Waals surface area contributed by atoms with Crippen molar-refractivity contribution in [3.05, 3.63) is 24.2 Å². The Hall–Kier alpha value is -2.66. The molecule has 8 heteroatoms. The second-order valence-electron chi connectivity index (χ2n) is 8.85. The third-order valence-electron chi connectivity index (χ3n) is 6.72. The van der Waals surface area contributed by atoms with Crippen molar-refractivity contribution in [1.29, 1.82) is 5.26 Å². The van der Waals surface area contributed by atoms with Gasteiger partial charge < -0.3 is 10.2 Å². The standard InChI is InChI=1S/C20H26N8/c1-15-8-22-18(24-16-9-23-26(2)10-16)25-17(15)27-13-20(14-27,6-7-21)28-11-19(12-28)4-3-5-19/h8-10H,3-6,11-14H2,1-2H3,(H,22,24,25). The van der Waals surface area contributed by atoms with Gasteiger partial charge in [0.2, 0.25) is 5.95 Å². The number of hydrogen-bond acceptors (Lipinski definition) is 7. The second-order valence-corrected chi connectivity index (χ2v) is 8.85. The molecule has 1 spiro atoms. The van der Waals surface area contributed by atoms with Crippen LogP contribution >= 0.6 is 0 Å². The van der Waals surface area contributed by atoms with E-state index in [4.69, 9.17) is 4.98 Å². The summed E-state index contributed by atoms with van der Waals surface area (Å²) in [5, 5.41) is 16.8. The van der Waals surface area contributed by atoms with Crippen LogP contribution in [0.25, 0.3) is 0 Å². The Morgan fingerprint density at radius 1 is 1.21 bits per heavy atom. The summed E-state index contributed by atoms with van der Waals surface area (Å²) in [4.78, 5) is 14.0. The van der Waals surface area contributed by atoms with Gasteiger partial charge in [0, 0.05) is 51.2 Å². The molecule has 2 saturated heterocycles. The van der Waals surface area contributed by atoms with Gasteiger partial charge in [-0.25, -0.2) is 4.98 Å². The van der Waals surface area contributed by atoms with Crippen molar-refractivity contribution in [2.45, 2.75) is 38.1 Å². The minimum absolute atomic E-state index is 0.01000. The van der Waals surface area contributed by atoms with E-state index in [2.05, 4.69) is 31.3 Å². The molecule has 2 aromatic rings. The average Bonchev–Trinajstić information content (AvgIpc) is 2.96. The Labute approximate surface area is 165 Å². The fourth-order valence-electron chi connectivity index (χ4n) is 4.90. The fourth-order valence-corrected chi connectivity index (χ4v) is 4.90. The number of likely N-dealkylation sites (tertiary alicyclic amines) is 1. The monoisotopic (exact) mass is 378 g/mol. The van der Waals surface area contributed by atoms with Gasteiger partial charge in [0.1, 0.15) is 5.82 Å². The van der Waals surface area contributed by atoms with Crippen LogP contribution in [0.2, 0.25) is 0 Å². The lowest BCUT2D eigenvalue weighted by Crippen LogP contribution is -2.77. The summed E-state index contributed by atoms with van der Waals surface area (Å²) in [5.74, 6) is 1.53. The molecule has 3 fully saturated rings. The van der Waals surface area contributed by atoms with Crippen LogP contribution in [0.3, 0.4) is 0 Å². The molecule has 0 aromatic carbocycles. The summed E-state index contributed by atoms with van der Waals surface area (Å²) in [6.07, 6.45) is 10.2. The van der Waals surface area contributed by atoms with E-state index in [1.165, 1.54) is 32.4 Å². The summed E-state index contributed by atoms with van der Waals surface area (Å²) in [6.45, 7) is 6.10. The Balaban J connectivity index is 1.30. The summed E-state index contributed by atoms with van der Waals surface area (Å²) in [5.41, 5.74) is 2.49. The van der Waals surface area contributed by atoms with Crippen LogP contribution in [0, 0.1) is 23.7 Å². The summed E-state index contributed by atoms with van der Waals surface area (Å²) in [7, 11) is 1.88. The summed E-state index contributed by atoms with van der Waals surface area (Å²) < 4.78 is 1.74. The molecule has 2 aliphatic heterocycles. The molecule has 0 unspecified atom stereocenters. The van der Waals surface area contributed by atoms with Gasteiger partial charge in [-0.2, -0.15) is 15.3 Å². The van der Waals surface area contributed by atoms with Gasteiger partial charge in [0.25, 0.3) is 0 Å². The maximum atomic E-state index is 9.42. The van der Waals surface area contributed by atoms with Crippen LogP contribution in [-0.4, -0.2) is 56.4 Å². The zero-order chi connectivity index (χ0) is 19.4. The number of hydrogen-bond donors (Lipinski definition) is 1. The molecule has 146 valence electrons. The molecule has 8 nitrogen and oxygen atoms in total. The van der Waals surface area contributed by atoms with Crippen molar-refractivity contribution >= 4 is 17.5 Å². The fraction of sp³-hybridized carbons (Fsp3) is 0.600. The summed E-state index contributed by atoms with van der Waals surface area (Å²) >= 11 is 0. The van der Waals surface area contributed by atoms with Crippen molar-refractivity contribution < 1.29 is 0 Å². The molecule has 3 aliphatic rings. The van der Waals surface area contributed by atoms with E-state index in [-0.39, 0.29) is 5.54 Å². The molecule has 4 heterocycles. The van der Waals surface area contributed by atoms with E-state index in [1.807, 2.05) is 26.4 Å². The normalized spacial score (nSPS) is 22.1. The van der Waals surface area contributed by atoms with E-state index in [0.717, 1.165) is 30.2 Å². The molecule has 2 aromatic heterocycles. The Morgan fingerprint density at radius 2 is 2.00 bits per heavy atom. The van der Waals surface area contributed by atoms with Gasteiger partial charge in [-0.15, -0.1) is 0 Å². The highest BCUT2D eigenvalue weighted by atomic mass is 15.4. The van der Waals surface area contributed by atoms with Crippen LogP contribution in [0.15, 0.2) is 18.6 Å². The molecule has 0 bridgehead atoms. The largest absolute Gasteiger partial charge is 0.352 e. The lowest BCUT2D eigenvalue weighted by Gasteiger charge is -2.66. The highest BCUT2D eigenvalue weighted by Crippen LogP contribution is 2.52. The molecule has 1 aliphatic carbocycles. The van der Waals surface area contributed by atoms with Crippen molar-refractivity contribution in [2.75, 3.05) is 36.4 Å². The Kier molecular flexibility index (Phi) is 3.85. The lowest BCUT2D eigenvalue weighted by atomic mass is 9.61. The Morgan fingerprint density at radius 3 is 2.61 bits per heavy atom. The van der Waals surface area contributed by atoms with Gasteiger partial charge in [0.15, 0.2) is 0 Å². The van der Waals surface area contributed by atoms with E-state index in [1.54, 1.807) is 10.9 Å². The molecular formula is C20H26N8. The van der Waals surface area contributed by atoms with Gasteiger partial charge in [-0.05, 0) is 25.2 Å². The van der Waals surface area contributed by atoms with Crippen molar-refractivity contribution in [1.82, 2.24) is 24.6 Å². The molecule has 5 rings (SSSR count). The van der Waals surface area contributed by atoms with Crippen LogP contribution in [-0.2, 0) is 7.05 Å². The van der Waals surface area contributed by atoms with Gasteiger partial charge in [-0.3, -0.25) is 9.58 Å². The predicted octanol–water partition coefficient (Wildman–Crippen LogP) is 2.22. The average molecular weight is 378 g/mol. The van der Waals surface area contributed by atoms with Crippen LogP contribution < -0.4 is 10.2 Å². The van der Waals surface area contributed by atoms with Crippen LogP contribution in [0.4, 0.5) is 17.5 Å². The highest BCUT2D eigenvalue weighted by molar-refractivity contribution is 5.57. The third-order valence-corrected chi connectivity index (χ3v) is 6.72. The smallest absolute Gasteiger partial charge is 0.229 e. The molecule has 28 heavy (non-hydrogen) atoms. The maximum absolute atomic E-state index is 9.42. The number of rotatable bonds is 5. The topological polar surface area (TPSA) is 85.9 Å². The first-order chi connectivity index (χ1) is 13.5. The second kappa shape index (κ2) is 6.17. The predicted molar refractivity (Wildman–Crippen MR) is 106 cm³/mol. The summed E-state index contributed by atoms with van der Waals surface area (Å²) in [6, 6.07) is 2.43. The molecule has 1 saturated carbocycles. The zero-order valence-corrected chi connectivity index (χ0v) is 16.5. The first-order valence-electron chi connectivity index (χ1n) is 9.97. The van der Waals surface area contributed by atoms with Gasteiger partial charge >= 0.3 is 0 Å². The third kappa shape index (κ3) is 2.73. The molecule has 1 N–H and O–H groups in total. The first-order valence-corrected chi connectivity index (χ1v) is 9.97. The first kappa shape index (κ1) is 17.4. The number of aromatic nitrogens is 4. The van der Waals surface area contributed by atoms with Gasteiger partial charge in [-0.1, -0.05) is 6.42 Å². The number of nitrogens with zero attached hydrogens (tertiary/aromatic N) is 7. The number of nitriles is 1. The van der Waals surface area contributed by atoms with Crippen molar-refractivity contribution in [3.63, 3.8) is 0 Å². The molecule has 0 amide bonds. The molecule has 0 radical (unpaired) electrons. The van der Waals surface area contributed by atoms with Gasteiger partial charge in [0.05, 0.1) is 29.9 Å². The lowest BCUT2D eigenvalue weighted by molar-refractivity contribution is -0.126. The SMILES string of the molecule is Cc1cnc(Nc2cnn(C)c2)nc1N1CC(CC#N)(N2CC3(CCC3)C2)C1. The number of nitrogens with one attached hydrogen (secondary N) is 1. The van der Waals surface area contributed by atoms with Crippen molar-refractivity contribution in [2.24, 2.45) is 12.5 Å². The highest BCUT2D eigenvalue weighted by Gasteiger charge is 2.58. The minimum Gasteiger partial charge on any atom is -0.352 e. The number of anilines is 3. The van der Waals surface area contributed by atoms with E-state index >= 15 is 0 Å². The van der Waals surface area contributed by atoms with Crippen LogP contribution in [0.5, 0.6) is 0 Å².